The molecule has 0 aliphatic heterocycles. The van der Waals surface area contributed by atoms with Crippen molar-refractivity contribution in [3.8, 4) is 0 Å². The number of nitrogens with two attached hydrogens (primary N) is 1. The summed E-state index contributed by atoms with van der Waals surface area (Å²) in [5.74, 6) is 0.718. The maximum Gasteiger partial charge on any atom is 0.0871 e. The van der Waals surface area contributed by atoms with E-state index >= 15 is 0 Å². The van der Waals surface area contributed by atoms with Crippen LogP contribution in [0.3, 0.4) is 0 Å². The van der Waals surface area contributed by atoms with Crippen molar-refractivity contribution in [3.63, 3.8) is 0 Å². The first-order valence-electron chi connectivity index (χ1n) is 5.80. The highest BCUT2D eigenvalue weighted by Gasteiger charge is 2.11. The Bertz CT molecular complexity index is 291. The van der Waals surface area contributed by atoms with Crippen molar-refractivity contribution < 1.29 is 0 Å². The summed E-state index contributed by atoms with van der Waals surface area (Å²) in [5, 5.41) is 8.33. The van der Waals surface area contributed by atoms with E-state index in [1.54, 1.807) is 0 Å². The fraction of sp³-hybridized carbons (Fsp3) is 0.818. The highest BCUT2D eigenvalue weighted by molar-refractivity contribution is 5.11. The molecule has 1 aromatic rings. The number of hydrogen-bond acceptors (Lipinski definition) is 3. The van der Waals surface area contributed by atoms with Crippen molar-refractivity contribution in [2.24, 2.45) is 11.7 Å². The fourth-order valence-corrected chi connectivity index (χ4v) is 1.65. The molecular weight excluding hydrogens is 188 g/mol. The van der Waals surface area contributed by atoms with Crippen LogP contribution in [0, 0.1) is 5.92 Å². The maximum absolute atomic E-state index is 5.56. The lowest BCUT2D eigenvalue weighted by molar-refractivity contribution is 0.541. The highest BCUT2D eigenvalue weighted by atomic mass is 15.4. The minimum Gasteiger partial charge on any atom is -0.330 e. The van der Waals surface area contributed by atoms with Gasteiger partial charge in [-0.3, -0.25) is 0 Å². The summed E-state index contributed by atoms with van der Waals surface area (Å²) >= 11 is 0. The van der Waals surface area contributed by atoms with Crippen molar-refractivity contribution in [2.45, 2.75) is 46.6 Å². The average Bonchev–Trinajstić information content (AvgIpc) is 2.58. The Morgan fingerprint density at radius 2 is 2.07 bits per heavy atom. The predicted octanol–water partition coefficient (Wildman–Crippen LogP) is 1.39. The molecule has 0 bridgehead atoms. The summed E-state index contributed by atoms with van der Waals surface area (Å²) in [6, 6.07) is 0. The topological polar surface area (TPSA) is 56.7 Å². The molecule has 0 saturated heterocycles. The number of hydrogen-bond donors (Lipinski definition) is 1. The first-order chi connectivity index (χ1) is 7.19. The van der Waals surface area contributed by atoms with Gasteiger partial charge in [0.1, 0.15) is 0 Å². The van der Waals surface area contributed by atoms with E-state index in [0.717, 1.165) is 31.0 Å². The maximum atomic E-state index is 5.56. The van der Waals surface area contributed by atoms with Crippen LogP contribution in [0.2, 0.25) is 0 Å². The molecule has 86 valence electrons. The normalized spacial score (nSPS) is 11.3. The van der Waals surface area contributed by atoms with E-state index in [4.69, 9.17) is 5.73 Å². The zero-order valence-corrected chi connectivity index (χ0v) is 10.0. The van der Waals surface area contributed by atoms with E-state index in [-0.39, 0.29) is 0 Å². The summed E-state index contributed by atoms with van der Waals surface area (Å²) in [4.78, 5) is 0. The quantitative estimate of drug-likeness (QED) is 0.772. The molecule has 4 heteroatoms. The Kier molecular flexibility index (Phi) is 4.75. The fourth-order valence-electron chi connectivity index (χ4n) is 1.65. The van der Waals surface area contributed by atoms with Crippen LogP contribution in [0.4, 0.5) is 0 Å². The van der Waals surface area contributed by atoms with Gasteiger partial charge >= 0.3 is 0 Å². The Labute approximate surface area is 91.9 Å². The molecule has 0 atom stereocenters. The van der Waals surface area contributed by atoms with Gasteiger partial charge in [0.15, 0.2) is 0 Å². The van der Waals surface area contributed by atoms with Crippen molar-refractivity contribution in [1.82, 2.24) is 15.0 Å². The molecule has 1 rings (SSSR count). The largest absolute Gasteiger partial charge is 0.330 e. The van der Waals surface area contributed by atoms with Gasteiger partial charge in [0.25, 0.3) is 0 Å². The lowest BCUT2D eigenvalue weighted by Crippen LogP contribution is -2.09. The molecule has 0 unspecified atom stereocenters. The molecule has 0 radical (unpaired) electrons. The molecular formula is C11H22N4. The summed E-state index contributed by atoms with van der Waals surface area (Å²) in [6.07, 6.45) is 3.09. The van der Waals surface area contributed by atoms with Crippen LogP contribution >= 0.6 is 0 Å². The smallest absolute Gasteiger partial charge is 0.0871 e. The monoisotopic (exact) mass is 210 g/mol. The predicted molar refractivity (Wildman–Crippen MR) is 61.6 cm³/mol. The Morgan fingerprint density at radius 1 is 1.33 bits per heavy atom. The third-order valence-corrected chi connectivity index (χ3v) is 2.56. The van der Waals surface area contributed by atoms with Gasteiger partial charge in [-0.15, -0.1) is 5.10 Å². The Morgan fingerprint density at radius 3 is 2.60 bits per heavy atom. The van der Waals surface area contributed by atoms with E-state index < -0.39 is 0 Å². The van der Waals surface area contributed by atoms with E-state index in [2.05, 4.69) is 31.1 Å². The van der Waals surface area contributed by atoms with Crippen molar-refractivity contribution >= 4 is 0 Å². The average molecular weight is 210 g/mol. The second kappa shape index (κ2) is 5.85. The molecule has 0 fully saturated rings. The van der Waals surface area contributed by atoms with Crippen molar-refractivity contribution in [1.29, 1.82) is 0 Å². The van der Waals surface area contributed by atoms with Gasteiger partial charge < -0.3 is 5.73 Å². The van der Waals surface area contributed by atoms with Gasteiger partial charge in [-0.1, -0.05) is 19.1 Å². The van der Waals surface area contributed by atoms with Crippen LogP contribution in [-0.2, 0) is 19.4 Å². The lowest BCUT2D eigenvalue weighted by atomic mass is 10.0. The van der Waals surface area contributed by atoms with Crippen LogP contribution in [0.5, 0.6) is 0 Å². The third kappa shape index (κ3) is 3.30. The first-order valence-corrected chi connectivity index (χ1v) is 5.80. The molecule has 0 aliphatic carbocycles. The molecule has 0 aliphatic rings. The minimum absolute atomic E-state index is 0.650. The highest BCUT2D eigenvalue weighted by Crippen LogP contribution is 2.12. The number of rotatable bonds is 6. The zero-order valence-electron chi connectivity index (χ0n) is 10.0. The summed E-state index contributed by atoms with van der Waals surface area (Å²) in [6.45, 7) is 8.12. The van der Waals surface area contributed by atoms with Gasteiger partial charge in [-0.2, -0.15) is 0 Å². The summed E-state index contributed by atoms with van der Waals surface area (Å²) in [7, 11) is 0. The number of aromatic nitrogens is 3. The molecule has 15 heavy (non-hydrogen) atoms. The van der Waals surface area contributed by atoms with Gasteiger partial charge in [0, 0.05) is 13.0 Å². The molecule has 0 amide bonds. The second-order valence-electron chi connectivity index (χ2n) is 4.27. The van der Waals surface area contributed by atoms with E-state index in [1.165, 1.54) is 12.1 Å². The second-order valence-corrected chi connectivity index (χ2v) is 4.27. The number of aryl methyl sites for hydroxylation is 1. The molecule has 2 N–H and O–H groups in total. The molecule has 0 aromatic carbocycles. The van der Waals surface area contributed by atoms with Crippen LogP contribution in [0.1, 0.15) is 38.6 Å². The van der Waals surface area contributed by atoms with Crippen molar-refractivity contribution in [3.05, 3.63) is 11.4 Å². The molecule has 1 aromatic heterocycles. The van der Waals surface area contributed by atoms with Gasteiger partial charge in [-0.05, 0) is 32.2 Å². The minimum atomic E-state index is 0.650. The van der Waals surface area contributed by atoms with E-state index in [0.29, 0.717) is 6.54 Å². The molecule has 0 spiro atoms. The lowest BCUT2D eigenvalue weighted by Gasteiger charge is -2.07. The standard InChI is InChI=1S/C11H22N4/c1-4-15-11(6-5-9(2)3)10(7-8-12)13-14-15/h9H,4-8,12H2,1-3H3. The Hall–Kier alpha value is -0.900. The summed E-state index contributed by atoms with van der Waals surface area (Å²) < 4.78 is 1.99. The zero-order chi connectivity index (χ0) is 11.3. The third-order valence-electron chi connectivity index (χ3n) is 2.56. The van der Waals surface area contributed by atoms with E-state index in [1.807, 2.05) is 4.68 Å². The van der Waals surface area contributed by atoms with Crippen LogP contribution < -0.4 is 5.73 Å². The Balaban J connectivity index is 2.75. The van der Waals surface area contributed by atoms with Crippen LogP contribution in [0.15, 0.2) is 0 Å². The van der Waals surface area contributed by atoms with Crippen molar-refractivity contribution in [2.75, 3.05) is 6.54 Å². The van der Waals surface area contributed by atoms with Crippen LogP contribution in [0.25, 0.3) is 0 Å². The molecule has 1 heterocycles. The first kappa shape index (κ1) is 12.2. The van der Waals surface area contributed by atoms with E-state index in [9.17, 15) is 0 Å². The molecule has 0 saturated carbocycles. The summed E-state index contributed by atoms with van der Waals surface area (Å²) in [5.41, 5.74) is 7.92. The number of nitrogens with zero attached hydrogens (tertiary/aromatic N) is 3. The SMILES string of the molecule is CCn1nnc(CCN)c1CCC(C)C. The van der Waals surface area contributed by atoms with Gasteiger partial charge in [-0.25, -0.2) is 4.68 Å². The van der Waals surface area contributed by atoms with Gasteiger partial charge in [0.2, 0.25) is 0 Å². The molecule has 4 nitrogen and oxygen atoms in total. The van der Waals surface area contributed by atoms with Crippen LogP contribution in [-0.4, -0.2) is 21.5 Å². The van der Waals surface area contributed by atoms with Gasteiger partial charge in [0.05, 0.1) is 11.4 Å².